The third-order valence-corrected chi connectivity index (χ3v) is 2.64. The average molecular weight is 174 g/mol. The molecule has 0 aliphatic carbocycles. The first-order valence-corrected chi connectivity index (χ1v) is 5.52. The van der Waals surface area contributed by atoms with E-state index in [4.69, 9.17) is 0 Å². The zero-order chi connectivity index (χ0) is 8.69. The van der Waals surface area contributed by atoms with Crippen LogP contribution in [-0.4, -0.2) is 17.3 Å². The molecule has 0 N–H and O–H groups in total. The monoisotopic (exact) mass is 174 g/mol. The predicted octanol–water partition coefficient (Wildman–Crippen LogP) is 2.74. The second kappa shape index (κ2) is 6.71. The smallest absolute Gasteiger partial charge is 0.146 e. The van der Waals surface area contributed by atoms with Gasteiger partial charge in [0, 0.05) is 11.7 Å². The summed E-state index contributed by atoms with van der Waals surface area (Å²) in [5.74, 6) is 2.67. The Balaban J connectivity index is 0.000000292. The maximum absolute atomic E-state index is 10.8. The Hall–Kier alpha value is 0.0200. The van der Waals surface area contributed by atoms with Gasteiger partial charge in [0.05, 0.1) is 5.75 Å². The van der Waals surface area contributed by atoms with Crippen molar-refractivity contribution in [1.82, 2.24) is 0 Å². The Bertz CT molecular complexity index is 112. The summed E-state index contributed by atoms with van der Waals surface area (Å²) in [5, 5.41) is 0. The number of ketones is 1. The normalized spacial score (nSPS) is 22.8. The van der Waals surface area contributed by atoms with E-state index in [1.54, 1.807) is 11.8 Å². The van der Waals surface area contributed by atoms with E-state index in [0.29, 0.717) is 11.7 Å². The van der Waals surface area contributed by atoms with E-state index in [2.05, 4.69) is 20.8 Å². The molecule has 1 heterocycles. The fraction of sp³-hybridized carbons (Fsp3) is 0.889. The molecule has 11 heavy (non-hydrogen) atoms. The van der Waals surface area contributed by atoms with E-state index < -0.39 is 0 Å². The van der Waals surface area contributed by atoms with Crippen LogP contribution >= 0.6 is 11.8 Å². The summed E-state index contributed by atoms with van der Waals surface area (Å²) in [6.07, 6.45) is 2.28. The maximum atomic E-state index is 10.8. The molecule has 2 heteroatoms. The molecule has 0 radical (unpaired) electrons. The molecule has 1 saturated heterocycles. The SMILES string of the molecule is CCC.CCC1CSCC1=O. The first-order valence-electron chi connectivity index (χ1n) is 4.36. The molecule has 0 amide bonds. The molecule has 0 aromatic rings. The van der Waals surface area contributed by atoms with Crippen molar-refractivity contribution in [2.24, 2.45) is 5.92 Å². The fourth-order valence-electron chi connectivity index (χ4n) is 0.858. The molecule has 0 aromatic heterocycles. The van der Waals surface area contributed by atoms with Crippen molar-refractivity contribution in [2.45, 2.75) is 33.6 Å². The van der Waals surface area contributed by atoms with Crippen LogP contribution in [0.1, 0.15) is 33.6 Å². The quantitative estimate of drug-likeness (QED) is 0.608. The number of thioether (sulfide) groups is 1. The number of carbonyl (C=O) groups excluding carboxylic acids is 1. The fourth-order valence-corrected chi connectivity index (χ4v) is 2.12. The number of hydrogen-bond acceptors (Lipinski definition) is 2. The third-order valence-electron chi connectivity index (χ3n) is 1.51. The summed E-state index contributed by atoms with van der Waals surface area (Å²) >= 11 is 1.77. The average Bonchev–Trinajstić information content (AvgIpc) is 2.36. The van der Waals surface area contributed by atoms with Gasteiger partial charge in [0.15, 0.2) is 0 Å². The van der Waals surface area contributed by atoms with Crippen LogP contribution in [-0.2, 0) is 4.79 Å². The van der Waals surface area contributed by atoms with Crippen LogP contribution in [0.15, 0.2) is 0 Å². The van der Waals surface area contributed by atoms with E-state index in [-0.39, 0.29) is 0 Å². The summed E-state index contributed by atoms with van der Waals surface area (Å²) < 4.78 is 0. The highest BCUT2D eigenvalue weighted by atomic mass is 32.2. The number of hydrogen-bond donors (Lipinski definition) is 0. The van der Waals surface area contributed by atoms with Gasteiger partial charge in [-0.3, -0.25) is 4.79 Å². The largest absolute Gasteiger partial charge is 0.298 e. The van der Waals surface area contributed by atoms with Gasteiger partial charge in [0.1, 0.15) is 5.78 Å². The lowest BCUT2D eigenvalue weighted by molar-refractivity contribution is -0.119. The van der Waals surface area contributed by atoms with Crippen molar-refractivity contribution in [3.8, 4) is 0 Å². The van der Waals surface area contributed by atoms with Gasteiger partial charge in [0.25, 0.3) is 0 Å². The standard InChI is InChI=1S/C6H10OS.C3H8/c1-2-5-3-8-4-6(5)7;1-3-2/h5H,2-4H2,1H3;3H2,1-2H3. The topological polar surface area (TPSA) is 17.1 Å². The minimum atomic E-state index is 0.389. The van der Waals surface area contributed by atoms with Crippen molar-refractivity contribution in [3.05, 3.63) is 0 Å². The second-order valence-corrected chi connectivity index (χ2v) is 3.82. The Morgan fingerprint density at radius 1 is 1.45 bits per heavy atom. The molecule has 0 aromatic carbocycles. The van der Waals surface area contributed by atoms with Gasteiger partial charge >= 0.3 is 0 Å². The van der Waals surface area contributed by atoms with E-state index in [1.165, 1.54) is 6.42 Å². The van der Waals surface area contributed by atoms with E-state index >= 15 is 0 Å². The molecule has 1 unspecified atom stereocenters. The van der Waals surface area contributed by atoms with Crippen LogP contribution in [0.2, 0.25) is 0 Å². The first kappa shape index (κ1) is 11.0. The molecule has 0 bridgehead atoms. The van der Waals surface area contributed by atoms with Crippen molar-refractivity contribution in [1.29, 1.82) is 0 Å². The van der Waals surface area contributed by atoms with Gasteiger partial charge in [-0.15, -0.1) is 0 Å². The molecular formula is C9H18OS. The number of rotatable bonds is 1. The first-order chi connectivity index (χ1) is 5.26. The minimum absolute atomic E-state index is 0.389. The summed E-state index contributed by atoms with van der Waals surface area (Å²) in [7, 11) is 0. The highest BCUT2D eigenvalue weighted by Gasteiger charge is 2.22. The highest BCUT2D eigenvalue weighted by molar-refractivity contribution is 8.00. The van der Waals surface area contributed by atoms with Crippen LogP contribution in [0.25, 0.3) is 0 Å². The Labute approximate surface area is 73.9 Å². The Morgan fingerprint density at radius 3 is 2.18 bits per heavy atom. The van der Waals surface area contributed by atoms with E-state index in [1.807, 2.05) is 0 Å². The Kier molecular flexibility index (Phi) is 6.73. The molecule has 0 saturated carbocycles. The van der Waals surface area contributed by atoms with Gasteiger partial charge in [-0.05, 0) is 6.42 Å². The van der Waals surface area contributed by atoms with Gasteiger partial charge in [-0.25, -0.2) is 0 Å². The van der Waals surface area contributed by atoms with Crippen LogP contribution in [0, 0.1) is 5.92 Å². The summed E-state index contributed by atoms with van der Waals surface area (Å²) in [5.41, 5.74) is 0. The van der Waals surface area contributed by atoms with Crippen LogP contribution < -0.4 is 0 Å². The molecule has 0 spiro atoms. The zero-order valence-corrected chi connectivity index (χ0v) is 8.54. The van der Waals surface area contributed by atoms with Crippen LogP contribution in [0.4, 0.5) is 0 Å². The van der Waals surface area contributed by atoms with Crippen molar-refractivity contribution in [2.75, 3.05) is 11.5 Å². The van der Waals surface area contributed by atoms with Crippen LogP contribution in [0.5, 0.6) is 0 Å². The summed E-state index contributed by atoms with van der Waals surface area (Å²) in [6.45, 7) is 6.33. The lowest BCUT2D eigenvalue weighted by Crippen LogP contribution is -2.08. The number of Topliss-reactive ketones (excluding diaryl/α,β-unsaturated/α-hetero) is 1. The molecule has 1 atom stereocenters. The Morgan fingerprint density at radius 2 is 2.00 bits per heavy atom. The van der Waals surface area contributed by atoms with Crippen molar-refractivity contribution < 1.29 is 4.79 Å². The van der Waals surface area contributed by atoms with Gasteiger partial charge < -0.3 is 0 Å². The number of carbonyl (C=O) groups is 1. The summed E-state index contributed by atoms with van der Waals surface area (Å²) in [6, 6.07) is 0. The molecule has 1 nitrogen and oxygen atoms in total. The molecule has 1 aliphatic heterocycles. The molecular weight excluding hydrogens is 156 g/mol. The lowest BCUT2D eigenvalue weighted by Gasteiger charge is -1.97. The maximum Gasteiger partial charge on any atom is 0.146 e. The summed E-state index contributed by atoms with van der Waals surface area (Å²) in [4.78, 5) is 10.8. The third kappa shape index (κ3) is 4.46. The van der Waals surface area contributed by atoms with Crippen LogP contribution in [0.3, 0.4) is 0 Å². The molecule has 66 valence electrons. The van der Waals surface area contributed by atoms with Gasteiger partial charge in [0.2, 0.25) is 0 Å². The zero-order valence-electron chi connectivity index (χ0n) is 7.72. The van der Waals surface area contributed by atoms with Crippen molar-refractivity contribution >= 4 is 17.5 Å². The van der Waals surface area contributed by atoms with Crippen molar-refractivity contribution in [3.63, 3.8) is 0 Å². The molecule has 1 aliphatic rings. The van der Waals surface area contributed by atoms with E-state index in [9.17, 15) is 4.79 Å². The lowest BCUT2D eigenvalue weighted by atomic mass is 10.1. The minimum Gasteiger partial charge on any atom is -0.298 e. The van der Waals surface area contributed by atoms with E-state index in [0.717, 1.165) is 17.9 Å². The highest BCUT2D eigenvalue weighted by Crippen LogP contribution is 2.22. The predicted molar refractivity (Wildman–Crippen MR) is 52.1 cm³/mol. The van der Waals surface area contributed by atoms with Gasteiger partial charge in [-0.1, -0.05) is 27.2 Å². The van der Waals surface area contributed by atoms with Gasteiger partial charge in [-0.2, -0.15) is 11.8 Å². The molecule has 1 fully saturated rings. The molecule has 1 rings (SSSR count). The second-order valence-electron chi connectivity index (χ2n) is 2.79.